The molecule has 0 amide bonds. The molecule has 0 atom stereocenters. The molecule has 0 bridgehead atoms. The summed E-state index contributed by atoms with van der Waals surface area (Å²) in [6.07, 6.45) is 0. The SMILES string of the molecule is c1ccc(-c2ccc(N(c3ccc(-c4ccccc4)cc3)c3ccc(-c4ccc5c(c4)-c4ccccc4-c4cccc(-c6ccccc6)c4O5)cc3)cc2)cc1. The first-order chi connectivity index (χ1) is 27.8. The lowest BCUT2D eigenvalue weighted by atomic mass is 9.91. The first-order valence-electron chi connectivity index (χ1n) is 19.1. The van der Waals surface area contributed by atoms with Gasteiger partial charge in [-0.05, 0) is 98.6 Å². The van der Waals surface area contributed by atoms with E-state index in [0.29, 0.717) is 0 Å². The van der Waals surface area contributed by atoms with E-state index in [0.717, 1.165) is 67.5 Å². The maximum absolute atomic E-state index is 6.88. The summed E-state index contributed by atoms with van der Waals surface area (Å²) < 4.78 is 6.88. The molecule has 0 N–H and O–H groups in total. The number of para-hydroxylation sites is 1. The predicted octanol–water partition coefficient (Wildman–Crippen LogP) is 15.3. The molecule has 0 saturated heterocycles. The number of benzene rings is 9. The summed E-state index contributed by atoms with van der Waals surface area (Å²) >= 11 is 0. The van der Waals surface area contributed by atoms with E-state index in [1.54, 1.807) is 0 Å². The van der Waals surface area contributed by atoms with Gasteiger partial charge in [-0.15, -0.1) is 0 Å². The summed E-state index contributed by atoms with van der Waals surface area (Å²) in [4.78, 5) is 2.33. The Kier molecular flexibility index (Phi) is 8.55. The van der Waals surface area contributed by atoms with Crippen molar-refractivity contribution in [1.82, 2.24) is 0 Å². The zero-order valence-corrected chi connectivity index (χ0v) is 30.7. The molecule has 9 aromatic carbocycles. The Morgan fingerprint density at radius 3 is 1.14 bits per heavy atom. The lowest BCUT2D eigenvalue weighted by molar-refractivity contribution is 0.489. The van der Waals surface area contributed by atoms with E-state index in [9.17, 15) is 0 Å². The fourth-order valence-corrected chi connectivity index (χ4v) is 7.89. The quantitative estimate of drug-likeness (QED) is 0.163. The Morgan fingerprint density at radius 1 is 0.250 bits per heavy atom. The third-order valence-corrected chi connectivity index (χ3v) is 10.7. The molecule has 264 valence electrons. The number of anilines is 3. The van der Waals surface area contributed by atoms with Gasteiger partial charge in [-0.2, -0.15) is 0 Å². The maximum atomic E-state index is 6.88. The molecule has 9 aromatic rings. The van der Waals surface area contributed by atoms with Gasteiger partial charge >= 0.3 is 0 Å². The van der Waals surface area contributed by atoms with Gasteiger partial charge in [-0.1, -0.05) is 176 Å². The highest BCUT2D eigenvalue weighted by molar-refractivity contribution is 5.95. The molecule has 0 radical (unpaired) electrons. The van der Waals surface area contributed by atoms with Crippen molar-refractivity contribution in [3.05, 3.63) is 224 Å². The number of hydrogen-bond acceptors (Lipinski definition) is 2. The summed E-state index contributed by atoms with van der Waals surface area (Å²) in [5.41, 5.74) is 17.1. The smallest absolute Gasteiger partial charge is 0.143 e. The van der Waals surface area contributed by atoms with Crippen molar-refractivity contribution in [1.29, 1.82) is 0 Å². The van der Waals surface area contributed by atoms with Crippen LogP contribution in [0, 0.1) is 0 Å². The van der Waals surface area contributed by atoms with Crippen molar-refractivity contribution >= 4 is 17.1 Å². The van der Waals surface area contributed by atoms with Gasteiger partial charge in [0, 0.05) is 33.8 Å². The molecular formula is C54H37NO. The van der Waals surface area contributed by atoms with Gasteiger partial charge in [0.2, 0.25) is 0 Å². The van der Waals surface area contributed by atoms with Crippen molar-refractivity contribution in [2.24, 2.45) is 0 Å². The molecule has 1 aliphatic heterocycles. The Labute approximate surface area is 328 Å². The predicted molar refractivity (Wildman–Crippen MR) is 234 cm³/mol. The topological polar surface area (TPSA) is 12.5 Å². The first kappa shape index (κ1) is 33.2. The molecule has 56 heavy (non-hydrogen) atoms. The molecule has 2 heteroatoms. The Morgan fingerprint density at radius 2 is 0.625 bits per heavy atom. The number of fused-ring (bicyclic) bond motifs is 5. The Hall–Kier alpha value is -7.42. The minimum atomic E-state index is 0.851. The van der Waals surface area contributed by atoms with Gasteiger partial charge in [-0.3, -0.25) is 0 Å². The minimum Gasteiger partial charge on any atom is -0.455 e. The maximum Gasteiger partial charge on any atom is 0.143 e. The second-order valence-corrected chi connectivity index (χ2v) is 14.1. The average Bonchev–Trinajstić information content (AvgIpc) is 3.42. The molecular weight excluding hydrogens is 679 g/mol. The van der Waals surface area contributed by atoms with Gasteiger partial charge in [0.25, 0.3) is 0 Å². The highest BCUT2D eigenvalue weighted by Crippen LogP contribution is 2.51. The van der Waals surface area contributed by atoms with Crippen LogP contribution in [0.1, 0.15) is 0 Å². The lowest BCUT2D eigenvalue weighted by Gasteiger charge is -2.26. The van der Waals surface area contributed by atoms with Crippen molar-refractivity contribution in [2.45, 2.75) is 0 Å². The second-order valence-electron chi connectivity index (χ2n) is 14.1. The van der Waals surface area contributed by atoms with Crippen LogP contribution in [0.3, 0.4) is 0 Å². The molecule has 0 unspecified atom stereocenters. The van der Waals surface area contributed by atoms with Gasteiger partial charge in [0.05, 0.1) is 0 Å². The lowest BCUT2D eigenvalue weighted by Crippen LogP contribution is -2.09. The van der Waals surface area contributed by atoms with Crippen LogP contribution in [0.2, 0.25) is 0 Å². The van der Waals surface area contributed by atoms with Gasteiger partial charge in [0.1, 0.15) is 11.5 Å². The van der Waals surface area contributed by atoms with E-state index in [1.807, 2.05) is 0 Å². The van der Waals surface area contributed by atoms with Crippen LogP contribution >= 0.6 is 0 Å². The van der Waals surface area contributed by atoms with Gasteiger partial charge in [0.15, 0.2) is 0 Å². The van der Waals surface area contributed by atoms with Crippen molar-refractivity contribution in [3.63, 3.8) is 0 Å². The fraction of sp³-hybridized carbons (Fsp3) is 0. The van der Waals surface area contributed by atoms with E-state index in [4.69, 9.17) is 4.74 Å². The van der Waals surface area contributed by atoms with Crippen LogP contribution in [0.15, 0.2) is 224 Å². The molecule has 0 fully saturated rings. The number of nitrogens with zero attached hydrogens (tertiary/aromatic N) is 1. The zero-order valence-electron chi connectivity index (χ0n) is 30.7. The monoisotopic (exact) mass is 715 g/mol. The van der Waals surface area contributed by atoms with Crippen molar-refractivity contribution in [3.8, 4) is 78.3 Å². The minimum absolute atomic E-state index is 0.851. The molecule has 2 nitrogen and oxygen atoms in total. The van der Waals surface area contributed by atoms with Crippen molar-refractivity contribution < 1.29 is 4.74 Å². The third-order valence-electron chi connectivity index (χ3n) is 10.7. The molecule has 0 spiro atoms. The summed E-state index contributed by atoms with van der Waals surface area (Å²) in [6.45, 7) is 0. The summed E-state index contributed by atoms with van der Waals surface area (Å²) in [5.74, 6) is 1.74. The van der Waals surface area contributed by atoms with Crippen LogP contribution in [-0.4, -0.2) is 0 Å². The zero-order chi connectivity index (χ0) is 37.3. The molecule has 0 saturated carbocycles. The standard InChI is InChI=1S/C54H37NO/c1-4-13-38(14-5-1)40-23-30-45(31-24-40)55(46-32-25-41(26-33-46)39-15-6-2-7-16-39)47-34-27-42(28-35-47)44-29-36-53-52(37-44)50-20-11-10-19-49(50)51-22-12-21-48(54(51)56-53)43-17-8-3-9-18-43/h1-37H. The summed E-state index contributed by atoms with van der Waals surface area (Å²) in [6, 6.07) is 79.8. The normalized spacial score (nSPS) is 11.4. The van der Waals surface area contributed by atoms with Gasteiger partial charge in [-0.25, -0.2) is 0 Å². The molecule has 10 rings (SSSR count). The summed E-state index contributed by atoms with van der Waals surface area (Å²) in [7, 11) is 0. The number of rotatable bonds is 7. The van der Waals surface area contributed by atoms with Crippen LogP contribution in [0.4, 0.5) is 17.1 Å². The third kappa shape index (κ3) is 6.24. The van der Waals surface area contributed by atoms with E-state index < -0.39 is 0 Å². The van der Waals surface area contributed by atoms with Crippen molar-refractivity contribution in [2.75, 3.05) is 4.90 Å². The van der Waals surface area contributed by atoms with Crippen LogP contribution in [-0.2, 0) is 0 Å². The highest BCUT2D eigenvalue weighted by Gasteiger charge is 2.24. The van der Waals surface area contributed by atoms with Crippen LogP contribution in [0.25, 0.3) is 66.8 Å². The average molecular weight is 716 g/mol. The largest absolute Gasteiger partial charge is 0.455 e. The second kappa shape index (κ2) is 14.4. The summed E-state index contributed by atoms with van der Waals surface area (Å²) in [5, 5.41) is 0. The highest BCUT2D eigenvalue weighted by atomic mass is 16.5. The first-order valence-corrected chi connectivity index (χ1v) is 19.1. The molecule has 1 heterocycles. The number of ether oxygens (including phenoxy) is 1. The van der Waals surface area contributed by atoms with Gasteiger partial charge < -0.3 is 9.64 Å². The van der Waals surface area contributed by atoms with Crippen LogP contribution < -0.4 is 9.64 Å². The molecule has 1 aliphatic rings. The van der Waals surface area contributed by atoms with Crippen LogP contribution in [0.5, 0.6) is 11.5 Å². The van der Waals surface area contributed by atoms with E-state index in [1.165, 1.54) is 27.8 Å². The molecule has 0 aliphatic carbocycles. The van der Waals surface area contributed by atoms with E-state index in [-0.39, 0.29) is 0 Å². The van der Waals surface area contributed by atoms with E-state index in [2.05, 4.69) is 229 Å². The Balaban J connectivity index is 1.02. The Bertz CT molecular complexity index is 2690. The number of hydrogen-bond donors (Lipinski definition) is 0. The molecule has 0 aromatic heterocycles. The fourth-order valence-electron chi connectivity index (χ4n) is 7.89. The van der Waals surface area contributed by atoms with E-state index >= 15 is 0 Å².